The molecule has 0 radical (unpaired) electrons. The van der Waals surface area contributed by atoms with Gasteiger partial charge < -0.3 is 14.8 Å². The van der Waals surface area contributed by atoms with Crippen LogP contribution in [0.5, 0.6) is 0 Å². The molecule has 1 N–H and O–H groups in total. The fraction of sp³-hybridized carbons (Fsp3) is 0.308. The minimum atomic E-state index is -1.08. The molecule has 0 saturated heterocycles. The molecule has 7 heteroatoms. The topological polar surface area (TPSA) is 81.7 Å². The summed E-state index contributed by atoms with van der Waals surface area (Å²) in [6.07, 6.45) is -0.289. The van der Waals surface area contributed by atoms with Crippen LogP contribution in [0.15, 0.2) is 28.7 Å². The van der Waals surface area contributed by atoms with Gasteiger partial charge in [0.05, 0.1) is 20.6 Å². The maximum atomic E-state index is 12.0. The number of carbonyl (C=O) groups is 3. The highest BCUT2D eigenvalue weighted by molar-refractivity contribution is 9.10. The molecule has 1 rings (SSSR count). The molecule has 0 saturated carbocycles. The first-order valence-electron chi connectivity index (χ1n) is 5.69. The minimum Gasteiger partial charge on any atom is -0.469 e. The first-order chi connectivity index (χ1) is 9.47. The average molecular weight is 344 g/mol. The quantitative estimate of drug-likeness (QED) is 0.814. The number of rotatable bonds is 5. The van der Waals surface area contributed by atoms with Gasteiger partial charge in [-0.1, -0.05) is 22.0 Å². The molecule has 1 amide bonds. The summed E-state index contributed by atoms with van der Waals surface area (Å²) in [6, 6.07) is 5.56. The third-order valence-electron chi connectivity index (χ3n) is 2.48. The second kappa shape index (κ2) is 7.64. The van der Waals surface area contributed by atoms with Crippen LogP contribution >= 0.6 is 15.9 Å². The number of methoxy groups -OCH3 is 2. The summed E-state index contributed by atoms with van der Waals surface area (Å²) in [5.74, 6) is -1.81. The maximum absolute atomic E-state index is 12.0. The molecular weight excluding hydrogens is 330 g/mol. The smallest absolute Gasteiger partial charge is 0.328 e. The Labute approximate surface area is 124 Å². The predicted molar refractivity (Wildman–Crippen MR) is 74.0 cm³/mol. The number of ether oxygens (including phenoxy) is 2. The number of halogens is 1. The van der Waals surface area contributed by atoms with E-state index < -0.39 is 23.9 Å². The van der Waals surface area contributed by atoms with E-state index in [4.69, 9.17) is 0 Å². The Morgan fingerprint density at radius 1 is 1.25 bits per heavy atom. The maximum Gasteiger partial charge on any atom is 0.328 e. The molecule has 0 bridgehead atoms. The number of hydrogen-bond acceptors (Lipinski definition) is 5. The first-order valence-corrected chi connectivity index (χ1v) is 6.48. The molecule has 0 aromatic heterocycles. The van der Waals surface area contributed by atoms with Gasteiger partial charge in [-0.05, 0) is 18.2 Å². The number of benzene rings is 1. The Hall–Kier alpha value is -1.89. The normalized spacial score (nSPS) is 11.3. The van der Waals surface area contributed by atoms with Crippen LogP contribution in [0.1, 0.15) is 16.8 Å². The van der Waals surface area contributed by atoms with Crippen molar-refractivity contribution in [3.63, 3.8) is 0 Å². The lowest BCUT2D eigenvalue weighted by atomic mass is 10.1. The molecule has 1 aromatic carbocycles. The van der Waals surface area contributed by atoms with Gasteiger partial charge in [0.25, 0.3) is 5.91 Å². The monoisotopic (exact) mass is 343 g/mol. The van der Waals surface area contributed by atoms with Crippen molar-refractivity contribution in [2.45, 2.75) is 12.5 Å². The van der Waals surface area contributed by atoms with Crippen LogP contribution in [0.3, 0.4) is 0 Å². The van der Waals surface area contributed by atoms with E-state index in [9.17, 15) is 14.4 Å². The third-order valence-corrected chi connectivity index (χ3v) is 2.97. The highest BCUT2D eigenvalue weighted by atomic mass is 79.9. The Balaban J connectivity index is 2.81. The summed E-state index contributed by atoms with van der Waals surface area (Å²) in [4.78, 5) is 34.8. The Morgan fingerprint density at radius 3 is 2.50 bits per heavy atom. The zero-order chi connectivity index (χ0) is 15.1. The summed E-state index contributed by atoms with van der Waals surface area (Å²) in [5, 5.41) is 2.44. The van der Waals surface area contributed by atoms with Gasteiger partial charge in [0.15, 0.2) is 0 Å². The lowest BCUT2D eigenvalue weighted by Crippen LogP contribution is -2.43. The molecule has 0 heterocycles. The van der Waals surface area contributed by atoms with Gasteiger partial charge in [0.1, 0.15) is 6.04 Å². The molecule has 0 fully saturated rings. The molecule has 0 unspecified atom stereocenters. The second-order valence-electron chi connectivity index (χ2n) is 3.84. The summed E-state index contributed by atoms with van der Waals surface area (Å²) in [6.45, 7) is 0. The highest BCUT2D eigenvalue weighted by Crippen LogP contribution is 2.12. The molecule has 0 aliphatic rings. The van der Waals surface area contributed by atoms with Crippen LogP contribution in [0.25, 0.3) is 0 Å². The zero-order valence-corrected chi connectivity index (χ0v) is 12.6. The number of nitrogens with one attached hydrogen (secondary N) is 1. The van der Waals surface area contributed by atoms with Crippen molar-refractivity contribution in [1.82, 2.24) is 5.32 Å². The third kappa shape index (κ3) is 4.65. The van der Waals surface area contributed by atoms with Crippen molar-refractivity contribution in [1.29, 1.82) is 0 Å². The molecule has 0 aliphatic carbocycles. The number of hydrogen-bond donors (Lipinski definition) is 1. The van der Waals surface area contributed by atoms with Gasteiger partial charge in [-0.15, -0.1) is 0 Å². The minimum absolute atomic E-state index is 0.289. The van der Waals surface area contributed by atoms with Crippen molar-refractivity contribution >= 4 is 33.8 Å². The van der Waals surface area contributed by atoms with Crippen molar-refractivity contribution in [3.05, 3.63) is 34.3 Å². The molecular formula is C13H14BrNO5. The van der Waals surface area contributed by atoms with E-state index in [1.807, 2.05) is 0 Å². The van der Waals surface area contributed by atoms with Gasteiger partial charge in [-0.3, -0.25) is 9.59 Å². The second-order valence-corrected chi connectivity index (χ2v) is 4.76. The van der Waals surface area contributed by atoms with E-state index in [-0.39, 0.29) is 6.42 Å². The largest absolute Gasteiger partial charge is 0.469 e. The summed E-state index contributed by atoms with van der Waals surface area (Å²) < 4.78 is 9.75. The Kier molecular flexibility index (Phi) is 6.17. The van der Waals surface area contributed by atoms with Gasteiger partial charge in [0.2, 0.25) is 0 Å². The fourth-order valence-electron chi connectivity index (χ4n) is 1.46. The van der Waals surface area contributed by atoms with E-state index in [1.54, 1.807) is 24.3 Å². The standard InChI is InChI=1S/C13H14BrNO5/c1-19-11(16)7-10(13(18)20-2)15-12(17)8-4-3-5-9(14)6-8/h3-6,10H,7H2,1-2H3,(H,15,17)/t10-/m0/s1. The SMILES string of the molecule is COC(=O)C[C@H](NC(=O)c1cccc(Br)c1)C(=O)OC. The molecule has 20 heavy (non-hydrogen) atoms. The average Bonchev–Trinajstić information content (AvgIpc) is 2.45. The van der Waals surface area contributed by atoms with Crippen LogP contribution in [-0.4, -0.2) is 38.1 Å². The van der Waals surface area contributed by atoms with Crippen LogP contribution in [0.4, 0.5) is 0 Å². The molecule has 0 aliphatic heterocycles. The van der Waals surface area contributed by atoms with Crippen molar-refractivity contribution in [2.24, 2.45) is 0 Å². The lowest BCUT2D eigenvalue weighted by molar-refractivity contribution is -0.149. The lowest BCUT2D eigenvalue weighted by Gasteiger charge is -2.15. The van der Waals surface area contributed by atoms with E-state index in [1.165, 1.54) is 14.2 Å². The van der Waals surface area contributed by atoms with Crippen LogP contribution in [0.2, 0.25) is 0 Å². The molecule has 1 atom stereocenters. The molecule has 1 aromatic rings. The zero-order valence-electron chi connectivity index (χ0n) is 11.0. The van der Waals surface area contributed by atoms with Gasteiger partial charge in [-0.25, -0.2) is 4.79 Å². The molecule has 108 valence electrons. The van der Waals surface area contributed by atoms with Crippen LogP contribution in [-0.2, 0) is 19.1 Å². The predicted octanol–water partition coefficient (Wildman–Crippen LogP) is 1.28. The number of esters is 2. The highest BCUT2D eigenvalue weighted by Gasteiger charge is 2.25. The van der Waals surface area contributed by atoms with Crippen LogP contribution < -0.4 is 5.32 Å². The van der Waals surface area contributed by atoms with E-state index in [2.05, 4.69) is 30.7 Å². The Bertz CT molecular complexity index is 517. The number of amides is 1. The van der Waals surface area contributed by atoms with Gasteiger partial charge in [0, 0.05) is 10.0 Å². The Morgan fingerprint density at radius 2 is 1.95 bits per heavy atom. The summed E-state index contributed by atoms with van der Waals surface area (Å²) >= 11 is 3.25. The van der Waals surface area contributed by atoms with Gasteiger partial charge >= 0.3 is 11.9 Å². The molecule has 0 spiro atoms. The fourth-order valence-corrected chi connectivity index (χ4v) is 1.86. The van der Waals surface area contributed by atoms with E-state index in [0.29, 0.717) is 5.56 Å². The molecule has 6 nitrogen and oxygen atoms in total. The van der Waals surface area contributed by atoms with E-state index in [0.717, 1.165) is 4.47 Å². The number of carbonyl (C=O) groups excluding carboxylic acids is 3. The van der Waals surface area contributed by atoms with Crippen molar-refractivity contribution in [3.8, 4) is 0 Å². The van der Waals surface area contributed by atoms with Crippen molar-refractivity contribution in [2.75, 3.05) is 14.2 Å². The summed E-state index contributed by atoms with van der Waals surface area (Å²) in [7, 11) is 2.38. The van der Waals surface area contributed by atoms with Gasteiger partial charge in [-0.2, -0.15) is 0 Å². The van der Waals surface area contributed by atoms with Crippen molar-refractivity contribution < 1.29 is 23.9 Å². The van der Waals surface area contributed by atoms with Crippen LogP contribution in [0, 0.1) is 0 Å². The summed E-state index contributed by atoms with van der Waals surface area (Å²) in [5.41, 5.74) is 0.359. The first kappa shape index (κ1) is 16.2. The van der Waals surface area contributed by atoms with E-state index >= 15 is 0 Å².